The molecule has 0 saturated carbocycles. The summed E-state index contributed by atoms with van der Waals surface area (Å²) in [5.41, 5.74) is -1.18. The molecule has 6 atom stereocenters. The second-order valence-corrected chi connectivity index (χ2v) is 9.89. The summed E-state index contributed by atoms with van der Waals surface area (Å²) in [5.74, 6) is -2.15. The molecule has 0 aromatic heterocycles. The Hall–Kier alpha value is -2.45. The van der Waals surface area contributed by atoms with Gasteiger partial charge in [-0.3, -0.25) is 14.4 Å². The van der Waals surface area contributed by atoms with Crippen molar-refractivity contribution in [3.05, 3.63) is 30.3 Å². The molecular formula is C25H35N3O5. The zero-order chi connectivity index (χ0) is 23.8. The number of nitrogens with zero attached hydrogens (tertiary/aromatic N) is 1. The number of rotatable bonds is 9. The number of carbonyl (C=O) groups is 3. The summed E-state index contributed by atoms with van der Waals surface area (Å²) in [6.45, 7) is 6.06. The van der Waals surface area contributed by atoms with Gasteiger partial charge in [-0.25, -0.2) is 0 Å². The van der Waals surface area contributed by atoms with E-state index in [1.54, 1.807) is 17.0 Å². The highest BCUT2D eigenvalue weighted by molar-refractivity contribution is 6.02. The maximum absolute atomic E-state index is 13.7. The van der Waals surface area contributed by atoms with Gasteiger partial charge in [-0.15, -0.1) is 0 Å². The van der Waals surface area contributed by atoms with Crippen LogP contribution in [-0.4, -0.2) is 64.2 Å². The molecule has 3 amide bonds. The normalized spacial score (nSPS) is 33.2. The lowest BCUT2D eigenvalue weighted by Gasteiger charge is -2.34. The summed E-state index contributed by atoms with van der Waals surface area (Å²) in [5, 5.41) is 15.4. The van der Waals surface area contributed by atoms with Gasteiger partial charge in [-0.1, -0.05) is 31.5 Å². The molecule has 33 heavy (non-hydrogen) atoms. The number of carbonyl (C=O) groups excluding carboxylic acids is 3. The number of benzene rings is 1. The van der Waals surface area contributed by atoms with Crippen LogP contribution in [0.4, 0.5) is 5.69 Å². The molecule has 8 heteroatoms. The number of nitrogens with one attached hydrogen (secondary N) is 2. The summed E-state index contributed by atoms with van der Waals surface area (Å²) in [7, 11) is 0. The molecule has 1 aromatic rings. The van der Waals surface area contributed by atoms with Crippen molar-refractivity contribution in [2.45, 2.75) is 76.2 Å². The van der Waals surface area contributed by atoms with E-state index < -0.39 is 29.1 Å². The maximum atomic E-state index is 13.7. The molecule has 0 radical (unpaired) electrons. The Labute approximate surface area is 195 Å². The molecule has 3 aliphatic rings. The van der Waals surface area contributed by atoms with E-state index in [2.05, 4.69) is 17.6 Å². The highest BCUT2D eigenvalue weighted by Gasteiger charge is 2.77. The highest BCUT2D eigenvalue weighted by atomic mass is 16.5. The van der Waals surface area contributed by atoms with E-state index in [1.807, 2.05) is 32.0 Å². The Morgan fingerprint density at radius 2 is 1.97 bits per heavy atom. The lowest BCUT2D eigenvalue weighted by atomic mass is 9.66. The third kappa shape index (κ3) is 3.93. The molecule has 3 unspecified atom stereocenters. The lowest BCUT2D eigenvalue weighted by Crippen LogP contribution is -2.56. The quantitative estimate of drug-likeness (QED) is 0.526. The summed E-state index contributed by atoms with van der Waals surface area (Å²) < 4.78 is 6.55. The standard InChI is InChI=1S/C25H35N3O5/c1-4-9-16(2)26-22(31)20-25-13-12-24(3,33-25)18(19(25)23(32)28(20)14-8-15-29)21(30)27-17-10-6-5-7-11-17/h5-7,10-11,16,18-20,29H,4,8-9,12-15H2,1-3H3,(H,26,31)(H,27,30)/t16?,18-,19+,20?,24+,25?/m1/s1. The van der Waals surface area contributed by atoms with Crippen LogP contribution in [-0.2, 0) is 19.1 Å². The summed E-state index contributed by atoms with van der Waals surface area (Å²) in [6, 6.07) is 8.32. The third-order valence-corrected chi connectivity index (χ3v) is 7.52. The number of ether oxygens (including phenoxy) is 1. The summed E-state index contributed by atoms with van der Waals surface area (Å²) in [6.07, 6.45) is 3.28. The van der Waals surface area contributed by atoms with Gasteiger partial charge in [0, 0.05) is 24.9 Å². The molecular weight excluding hydrogens is 422 g/mol. The predicted molar refractivity (Wildman–Crippen MR) is 123 cm³/mol. The third-order valence-electron chi connectivity index (χ3n) is 7.52. The van der Waals surface area contributed by atoms with Gasteiger partial charge in [-0.05, 0) is 51.7 Å². The van der Waals surface area contributed by atoms with Crippen molar-refractivity contribution in [3.63, 3.8) is 0 Å². The fourth-order valence-electron chi connectivity index (χ4n) is 6.18. The number of aliphatic hydroxyl groups is 1. The van der Waals surface area contributed by atoms with Crippen LogP contribution in [0.2, 0.25) is 0 Å². The van der Waals surface area contributed by atoms with E-state index in [9.17, 15) is 19.5 Å². The van der Waals surface area contributed by atoms with E-state index >= 15 is 0 Å². The van der Waals surface area contributed by atoms with Crippen LogP contribution in [0.25, 0.3) is 0 Å². The average molecular weight is 458 g/mol. The van der Waals surface area contributed by atoms with E-state index in [0.29, 0.717) is 24.9 Å². The molecule has 3 N–H and O–H groups in total. The van der Waals surface area contributed by atoms with Crippen LogP contribution in [0.15, 0.2) is 30.3 Å². The monoisotopic (exact) mass is 457 g/mol. The predicted octanol–water partition coefficient (Wildman–Crippen LogP) is 2.08. The zero-order valence-electron chi connectivity index (χ0n) is 19.7. The fraction of sp³-hybridized carbons (Fsp3) is 0.640. The number of hydrogen-bond acceptors (Lipinski definition) is 5. The molecule has 3 saturated heterocycles. The number of para-hydroxylation sites is 1. The smallest absolute Gasteiger partial charge is 0.246 e. The molecule has 8 nitrogen and oxygen atoms in total. The lowest BCUT2D eigenvalue weighted by molar-refractivity contribution is -0.145. The molecule has 180 valence electrons. The topological polar surface area (TPSA) is 108 Å². The van der Waals surface area contributed by atoms with Crippen molar-refractivity contribution in [1.82, 2.24) is 10.2 Å². The molecule has 0 aliphatic carbocycles. The van der Waals surface area contributed by atoms with Crippen LogP contribution in [0, 0.1) is 11.8 Å². The van der Waals surface area contributed by atoms with Crippen molar-refractivity contribution in [1.29, 1.82) is 0 Å². The first-order valence-electron chi connectivity index (χ1n) is 12.0. The minimum absolute atomic E-state index is 0.0286. The number of fused-ring (bicyclic) bond motifs is 1. The van der Waals surface area contributed by atoms with E-state index in [0.717, 1.165) is 12.8 Å². The maximum Gasteiger partial charge on any atom is 0.246 e. The van der Waals surface area contributed by atoms with Gasteiger partial charge in [0.25, 0.3) is 0 Å². The Balaban J connectivity index is 1.67. The van der Waals surface area contributed by atoms with Crippen LogP contribution >= 0.6 is 0 Å². The molecule has 3 aliphatic heterocycles. The van der Waals surface area contributed by atoms with E-state index in [1.165, 1.54) is 0 Å². The van der Waals surface area contributed by atoms with Gasteiger partial charge < -0.3 is 25.4 Å². The summed E-state index contributed by atoms with van der Waals surface area (Å²) >= 11 is 0. The van der Waals surface area contributed by atoms with Crippen molar-refractivity contribution in [2.24, 2.45) is 11.8 Å². The van der Waals surface area contributed by atoms with Gasteiger partial charge >= 0.3 is 0 Å². The minimum atomic E-state index is -1.03. The first-order valence-corrected chi connectivity index (χ1v) is 12.0. The largest absolute Gasteiger partial charge is 0.396 e. The van der Waals surface area contributed by atoms with Gasteiger partial charge in [-0.2, -0.15) is 0 Å². The van der Waals surface area contributed by atoms with Crippen LogP contribution in [0.5, 0.6) is 0 Å². The Morgan fingerprint density at radius 3 is 2.64 bits per heavy atom. The Morgan fingerprint density at radius 1 is 1.24 bits per heavy atom. The van der Waals surface area contributed by atoms with Gasteiger partial charge in [0.05, 0.1) is 17.4 Å². The van der Waals surface area contributed by atoms with Crippen LogP contribution in [0.3, 0.4) is 0 Å². The van der Waals surface area contributed by atoms with E-state index in [4.69, 9.17) is 4.74 Å². The molecule has 3 heterocycles. The van der Waals surface area contributed by atoms with Crippen molar-refractivity contribution in [3.8, 4) is 0 Å². The fourth-order valence-corrected chi connectivity index (χ4v) is 6.18. The summed E-state index contributed by atoms with van der Waals surface area (Å²) in [4.78, 5) is 42.2. The molecule has 3 fully saturated rings. The van der Waals surface area contributed by atoms with E-state index in [-0.39, 0.29) is 36.9 Å². The SMILES string of the molecule is CCCC(C)NC(=O)C1N(CCCO)C(=O)[C@@H]2[C@H](C(=O)Nc3ccccc3)[C@]3(C)CCC12O3. The Kier molecular flexibility index (Phi) is 6.51. The number of amides is 3. The van der Waals surface area contributed by atoms with Gasteiger partial charge in [0.2, 0.25) is 17.7 Å². The number of likely N-dealkylation sites (tertiary alicyclic amines) is 1. The first-order chi connectivity index (χ1) is 15.8. The molecule has 1 aromatic carbocycles. The molecule has 1 spiro atoms. The first kappa shape index (κ1) is 23.7. The highest BCUT2D eigenvalue weighted by Crippen LogP contribution is 2.63. The van der Waals surface area contributed by atoms with Crippen molar-refractivity contribution in [2.75, 3.05) is 18.5 Å². The minimum Gasteiger partial charge on any atom is -0.396 e. The molecule has 4 rings (SSSR count). The van der Waals surface area contributed by atoms with Crippen molar-refractivity contribution >= 4 is 23.4 Å². The number of aliphatic hydroxyl groups excluding tert-OH is 1. The van der Waals surface area contributed by atoms with Crippen LogP contribution in [0.1, 0.15) is 52.9 Å². The molecule has 2 bridgehead atoms. The van der Waals surface area contributed by atoms with Crippen molar-refractivity contribution < 1.29 is 24.2 Å². The van der Waals surface area contributed by atoms with Gasteiger partial charge in [0.15, 0.2) is 0 Å². The average Bonchev–Trinajstić information content (AvgIpc) is 3.33. The number of hydrogen-bond donors (Lipinski definition) is 3. The number of anilines is 1. The second-order valence-electron chi connectivity index (χ2n) is 9.89. The zero-order valence-corrected chi connectivity index (χ0v) is 19.7. The Bertz CT molecular complexity index is 909. The van der Waals surface area contributed by atoms with Gasteiger partial charge in [0.1, 0.15) is 11.6 Å². The second kappa shape index (κ2) is 9.06. The van der Waals surface area contributed by atoms with Crippen LogP contribution < -0.4 is 10.6 Å².